The molecule has 1 aromatic carbocycles. The molecule has 3 aromatic rings. The van der Waals surface area contributed by atoms with Gasteiger partial charge in [0, 0.05) is 30.4 Å². The number of fused-ring (bicyclic) bond motifs is 2. The highest BCUT2D eigenvalue weighted by Gasteiger charge is 2.34. The number of amides is 1. The number of H-pyrrole nitrogens is 1. The number of hydrogen-bond acceptors (Lipinski definition) is 3. The van der Waals surface area contributed by atoms with Gasteiger partial charge in [-0.2, -0.15) is 0 Å². The zero-order valence-corrected chi connectivity index (χ0v) is 16.7. The van der Waals surface area contributed by atoms with Crippen molar-refractivity contribution in [2.45, 2.75) is 65.0 Å². The van der Waals surface area contributed by atoms with E-state index in [0.717, 1.165) is 61.3 Å². The molecule has 1 fully saturated rings. The van der Waals surface area contributed by atoms with Crippen molar-refractivity contribution in [1.82, 2.24) is 24.6 Å². The molecule has 6 nitrogen and oxygen atoms in total. The summed E-state index contributed by atoms with van der Waals surface area (Å²) in [6.45, 7) is 5.94. The van der Waals surface area contributed by atoms with Crippen LogP contribution in [0.25, 0.3) is 10.9 Å². The predicted molar refractivity (Wildman–Crippen MR) is 108 cm³/mol. The van der Waals surface area contributed by atoms with Crippen LogP contribution in [0.15, 0.2) is 18.2 Å². The molecule has 0 unspecified atom stereocenters. The Labute approximate surface area is 164 Å². The summed E-state index contributed by atoms with van der Waals surface area (Å²) in [4.78, 5) is 18.9. The van der Waals surface area contributed by atoms with Gasteiger partial charge in [0.15, 0.2) is 5.82 Å². The Morgan fingerprint density at radius 3 is 2.82 bits per heavy atom. The van der Waals surface area contributed by atoms with E-state index in [9.17, 15) is 4.79 Å². The van der Waals surface area contributed by atoms with E-state index in [1.165, 1.54) is 24.0 Å². The van der Waals surface area contributed by atoms with E-state index >= 15 is 0 Å². The summed E-state index contributed by atoms with van der Waals surface area (Å²) < 4.78 is 2.26. The Morgan fingerprint density at radius 1 is 1.07 bits per heavy atom. The van der Waals surface area contributed by atoms with Gasteiger partial charge in [-0.25, -0.2) is 0 Å². The normalized spacial score (nSPS) is 19.8. The Hall–Kier alpha value is -2.63. The van der Waals surface area contributed by atoms with Crippen LogP contribution in [0.2, 0.25) is 0 Å². The summed E-state index contributed by atoms with van der Waals surface area (Å²) >= 11 is 0. The summed E-state index contributed by atoms with van der Waals surface area (Å²) in [5.41, 5.74) is 4.12. The van der Waals surface area contributed by atoms with E-state index in [4.69, 9.17) is 0 Å². The zero-order valence-electron chi connectivity index (χ0n) is 16.7. The van der Waals surface area contributed by atoms with Gasteiger partial charge in [-0.1, -0.05) is 6.07 Å². The highest BCUT2D eigenvalue weighted by atomic mass is 16.2. The molecule has 146 valence electrons. The number of aromatic nitrogens is 4. The first kappa shape index (κ1) is 17.5. The Bertz CT molecular complexity index is 1050. The van der Waals surface area contributed by atoms with Crippen LogP contribution in [0.5, 0.6) is 0 Å². The summed E-state index contributed by atoms with van der Waals surface area (Å²) in [7, 11) is 0. The molecule has 6 heteroatoms. The van der Waals surface area contributed by atoms with Gasteiger partial charge < -0.3 is 14.5 Å². The molecule has 0 spiro atoms. The third-order valence-corrected chi connectivity index (χ3v) is 6.27. The number of likely N-dealkylation sites (tertiary alicyclic amines) is 1. The average Bonchev–Trinajstić information content (AvgIpc) is 3.32. The molecular weight excluding hydrogens is 350 g/mol. The Morgan fingerprint density at radius 2 is 1.93 bits per heavy atom. The molecule has 2 aromatic heterocycles. The maximum Gasteiger partial charge on any atom is 0.270 e. The van der Waals surface area contributed by atoms with Gasteiger partial charge in [0.2, 0.25) is 0 Å². The van der Waals surface area contributed by atoms with Crippen molar-refractivity contribution in [2.24, 2.45) is 0 Å². The molecule has 1 atom stereocenters. The van der Waals surface area contributed by atoms with E-state index < -0.39 is 0 Å². The molecule has 0 radical (unpaired) electrons. The second-order valence-corrected chi connectivity index (χ2v) is 8.32. The smallest absolute Gasteiger partial charge is 0.270 e. The molecule has 28 heavy (non-hydrogen) atoms. The van der Waals surface area contributed by atoms with Crippen molar-refractivity contribution < 1.29 is 4.79 Å². The van der Waals surface area contributed by atoms with E-state index in [1.807, 2.05) is 11.0 Å². The molecule has 2 aliphatic rings. The van der Waals surface area contributed by atoms with Gasteiger partial charge >= 0.3 is 0 Å². The average molecular weight is 377 g/mol. The van der Waals surface area contributed by atoms with Gasteiger partial charge in [-0.15, -0.1) is 10.2 Å². The van der Waals surface area contributed by atoms with E-state index in [2.05, 4.69) is 45.7 Å². The van der Waals surface area contributed by atoms with Gasteiger partial charge in [0.25, 0.3) is 5.91 Å². The van der Waals surface area contributed by atoms with Crippen LogP contribution in [-0.4, -0.2) is 37.1 Å². The van der Waals surface area contributed by atoms with Crippen LogP contribution in [-0.2, 0) is 13.0 Å². The minimum atomic E-state index is 0.0230. The summed E-state index contributed by atoms with van der Waals surface area (Å²) in [6.07, 6.45) is 6.47. The van der Waals surface area contributed by atoms with Crippen molar-refractivity contribution in [3.8, 4) is 0 Å². The fraction of sp³-hybridized carbons (Fsp3) is 0.500. The maximum atomic E-state index is 13.5. The molecule has 0 bridgehead atoms. The van der Waals surface area contributed by atoms with Crippen LogP contribution in [0.1, 0.15) is 71.4 Å². The fourth-order valence-electron chi connectivity index (χ4n) is 4.89. The highest BCUT2D eigenvalue weighted by molar-refractivity contribution is 5.99. The molecule has 2 aliphatic heterocycles. The number of nitrogens with one attached hydrogen (secondary N) is 1. The zero-order chi connectivity index (χ0) is 19.3. The number of carbonyl (C=O) groups excluding carboxylic acids is 1. The van der Waals surface area contributed by atoms with Gasteiger partial charge in [0.1, 0.15) is 11.5 Å². The lowest BCUT2D eigenvalue weighted by atomic mass is 10.00. The second-order valence-electron chi connectivity index (χ2n) is 8.32. The van der Waals surface area contributed by atoms with Crippen molar-refractivity contribution >= 4 is 16.8 Å². The third kappa shape index (κ3) is 2.82. The number of piperidine rings is 1. The monoisotopic (exact) mass is 377 g/mol. The molecular formula is C22H27N5O. The van der Waals surface area contributed by atoms with Crippen molar-refractivity contribution in [3.05, 3.63) is 46.7 Å². The quantitative estimate of drug-likeness (QED) is 0.732. The second kappa shape index (κ2) is 6.76. The highest BCUT2D eigenvalue weighted by Crippen LogP contribution is 2.33. The number of aryl methyl sites for hydroxylation is 3. The number of nitrogens with zero attached hydrogens (tertiary/aromatic N) is 4. The van der Waals surface area contributed by atoms with Crippen LogP contribution in [0.4, 0.5) is 0 Å². The van der Waals surface area contributed by atoms with Gasteiger partial charge in [-0.05, 0) is 69.2 Å². The van der Waals surface area contributed by atoms with Crippen molar-refractivity contribution in [1.29, 1.82) is 0 Å². The first-order valence-corrected chi connectivity index (χ1v) is 10.4. The maximum absolute atomic E-state index is 13.5. The first-order valence-electron chi connectivity index (χ1n) is 10.4. The van der Waals surface area contributed by atoms with Crippen molar-refractivity contribution in [2.75, 3.05) is 6.54 Å². The van der Waals surface area contributed by atoms with E-state index in [-0.39, 0.29) is 11.9 Å². The molecule has 4 heterocycles. The topological polar surface area (TPSA) is 66.8 Å². The molecule has 5 rings (SSSR count). The van der Waals surface area contributed by atoms with Crippen LogP contribution >= 0.6 is 0 Å². The minimum Gasteiger partial charge on any atom is -0.351 e. The van der Waals surface area contributed by atoms with Gasteiger partial charge in [0.05, 0.1) is 6.04 Å². The number of hydrogen-bond donors (Lipinski definition) is 1. The van der Waals surface area contributed by atoms with Crippen molar-refractivity contribution in [3.63, 3.8) is 0 Å². The molecule has 0 aliphatic carbocycles. The van der Waals surface area contributed by atoms with E-state index in [0.29, 0.717) is 5.69 Å². The first-order chi connectivity index (χ1) is 13.6. The number of benzene rings is 1. The van der Waals surface area contributed by atoms with Crippen LogP contribution in [0.3, 0.4) is 0 Å². The SMILES string of the molecule is Cc1cc(C)c2cc(C(=O)N3CCCC[C@@H]3c3nnc4n3CCCC4)[nH]c2c1. The molecule has 1 amide bonds. The number of aromatic amines is 1. The number of rotatable bonds is 2. The largest absolute Gasteiger partial charge is 0.351 e. The number of carbonyl (C=O) groups is 1. The molecule has 0 saturated carbocycles. The summed E-state index contributed by atoms with van der Waals surface area (Å²) in [5, 5.41) is 10.1. The standard InChI is InChI=1S/C22H27N5O/c1-14-11-15(2)16-13-18(23-17(16)12-14)22(28)26-9-5-3-7-19(26)21-25-24-20-8-4-6-10-27(20)21/h11-13,19,23H,3-10H2,1-2H3/t19-/m1/s1. The Balaban J connectivity index is 1.51. The van der Waals surface area contributed by atoms with E-state index in [1.54, 1.807) is 0 Å². The van der Waals surface area contributed by atoms with Crippen LogP contribution < -0.4 is 0 Å². The Kier molecular flexibility index (Phi) is 4.22. The van der Waals surface area contributed by atoms with Crippen LogP contribution in [0, 0.1) is 13.8 Å². The lowest BCUT2D eigenvalue weighted by molar-refractivity contribution is 0.0588. The minimum absolute atomic E-state index is 0.0230. The summed E-state index contributed by atoms with van der Waals surface area (Å²) in [5.74, 6) is 2.13. The third-order valence-electron chi connectivity index (χ3n) is 6.27. The molecule has 1 N–H and O–H groups in total. The molecule has 1 saturated heterocycles. The lowest BCUT2D eigenvalue weighted by Crippen LogP contribution is -2.40. The van der Waals surface area contributed by atoms with Gasteiger partial charge in [-0.3, -0.25) is 4.79 Å². The lowest BCUT2D eigenvalue weighted by Gasteiger charge is -2.35. The predicted octanol–water partition coefficient (Wildman–Crippen LogP) is 4.08. The fourth-order valence-corrected chi connectivity index (χ4v) is 4.89. The summed E-state index contributed by atoms with van der Waals surface area (Å²) in [6, 6.07) is 6.31.